The van der Waals surface area contributed by atoms with Crippen molar-refractivity contribution in [3.63, 3.8) is 0 Å². The van der Waals surface area contributed by atoms with Crippen LogP contribution in [0, 0.1) is 12.7 Å². The molecule has 21 heavy (non-hydrogen) atoms. The fourth-order valence-electron chi connectivity index (χ4n) is 3.05. The van der Waals surface area contributed by atoms with E-state index in [1.807, 2.05) is 25.1 Å². The molecule has 2 aromatic carbocycles. The Balaban J connectivity index is 1.63. The summed E-state index contributed by atoms with van der Waals surface area (Å²) in [5.41, 5.74) is 3.09. The monoisotopic (exact) mass is 285 g/mol. The molecule has 1 fully saturated rings. The molecule has 0 saturated heterocycles. The fourth-order valence-corrected chi connectivity index (χ4v) is 3.05. The zero-order valence-corrected chi connectivity index (χ0v) is 12.4. The highest BCUT2D eigenvalue weighted by atomic mass is 19.1. The summed E-state index contributed by atoms with van der Waals surface area (Å²) in [5, 5.41) is 3.42. The molecule has 0 heterocycles. The van der Waals surface area contributed by atoms with Gasteiger partial charge in [0.2, 0.25) is 0 Å². The highest BCUT2D eigenvalue weighted by Gasteiger charge is 2.31. The SMILES string of the molecule is COc1ccccc1C1CC(Nc2cc(C)cc(F)c2)C1. The van der Waals surface area contributed by atoms with Crippen LogP contribution in [0.1, 0.15) is 29.9 Å². The minimum atomic E-state index is -0.182. The molecule has 2 nitrogen and oxygen atoms in total. The predicted octanol–water partition coefficient (Wildman–Crippen LogP) is 4.50. The van der Waals surface area contributed by atoms with Crippen LogP contribution in [0.15, 0.2) is 42.5 Å². The van der Waals surface area contributed by atoms with Crippen LogP contribution >= 0.6 is 0 Å². The second kappa shape index (κ2) is 5.76. The quantitative estimate of drug-likeness (QED) is 0.893. The first-order chi connectivity index (χ1) is 10.2. The van der Waals surface area contributed by atoms with Crippen molar-refractivity contribution in [3.05, 3.63) is 59.4 Å². The first-order valence-corrected chi connectivity index (χ1v) is 7.32. The van der Waals surface area contributed by atoms with Gasteiger partial charge in [-0.1, -0.05) is 18.2 Å². The molecule has 0 amide bonds. The molecule has 0 radical (unpaired) electrons. The summed E-state index contributed by atoms with van der Waals surface area (Å²) >= 11 is 0. The lowest BCUT2D eigenvalue weighted by Crippen LogP contribution is -2.34. The number of anilines is 1. The summed E-state index contributed by atoms with van der Waals surface area (Å²) in [4.78, 5) is 0. The number of hydrogen-bond acceptors (Lipinski definition) is 2. The third-order valence-corrected chi connectivity index (χ3v) is 4.13. The van der Waals surface area contributed by atoms with Crippen molar-refractivity contribution in [2.24, 2.45) is 0 Å². The van der Waals surface area contributed by atoms with Crippen LogP contribution in [-0.2, 0) is 0 Å². The number of benzene rings is 2. The molecule has 0 aromatic heterocycles. The molecule has 1 saturated carbocycles. The third kappa shape index (κ3) is 3.02. The molecule has 0 atom stereocenters. The van der Waals surface area contributed by atoms with Crippen LogP contribution in [0.4, 0.5) is 10.1 Å². The molecule has 0 spiro atoms. The number of halogens is 1. The maximum atomic E-state index is 13.4. The van der Waals surface area contributed by atoms with Gasteiger partial charge in [0.15, 0.2) is 0 Å². The van der Waals surface area contributed by atoms with Gasteiger partial charge >= 0.3 is 0 Å². The molecule has 2 aromatic rings. The number of aryl methyl sites for hydroxylation is 1. The summed E-state index contributed by atoms with van der Waals surface area (Å²) in [6, 6.07) is 13.7. The van der Waals surface area contributed by atoms with E-state index in [0.29, 0.717) is 12.0 Å². The minimum absolute atomic E-state index is 0.182. The fraction of sp³-hybridized carbons (Fsp3) is 0.333. The van der Waals surface area contributed by atoms with Gasteiger partial charge in [0, 0.05) is 11.7 Å². The Morgan fingerprint density at radius 2 is 1.90 bits per heavy atom. The van der Waals surface area contributed by atoms with Crippen molar-refractivity contribution >= 4 is 5.69 Å². The standard InChI is InChI=1S/C18H20FNO/c1-12-7-14(19)11-15(8-12)20-16-9-13(10-16)17-5-3-4-6-18(17)21-2/h3-8,11,13,16,20H,9-10H2,1-2H3. The summed E-state index contributed by atoms with van der Waals surface area (Å²) in [7, 11) is 1.71. The lowest BCUT2D eigenvalue weighted by atomic mass is 9.75. The van der Waals surface area contributed by atoms with Gasteiger partial charge in [0.05, 0.1) is 7.11 Å². The number of methoxy groups -OCH3 is 1. The van der Waals surface area contributed by atoms with Crippen LogP contribution in [-0.4, -0.2) is 13.2 Å². The molecular formula is C18H20FNO. The van der Waals surface area contributed by atoms with Crippen molar-refractivity contribution < 1.29 is 9.13 Å². The van der Waals surface area contributed by atoms with Crippen LogP contribution in [0.5, 0.6) is 5.75 Å². The minimum Gasteiger partial charge on any atom is -0.496 e. The zero-order valence-electron chi connectivity index (χ0n) is 12.4. The van der Waals surface area contributed by atoms with Crippen molar-refractivity contribution in [2.45, 2.75) is 31.7 Å². The summed E-state index contributed by atoms with van der Waals surface area (Å²) in [6.07, 6.45) is 2.10. The Hall–Kier alpha value is -2.03. The Labute approximate surface area is 125 Å². The Morgan fingerprint density at radius 1 is 1.14 bits per heavy atom. The maximum Gasteiger partial charge on any atom is 0.125 e. The average molecular weight is 285 g/mol. The van der Waals surface area contributed by atoms with Gasteiger partial charge in [0.1, 0.15) is 11.6 Å². The topological polar surface area (TPSA) is 21.3 Å². The number of hydrogen-bond donors (Lipinski definition) is 1. The van der Waals surface area contributed by atoms with E-state index in [2.05, 4.69) is 17.4 Å². The Kier molecular flexibility index (Phi) is 3.82. The summed E-state index contributed by atoms with van der Waals surface area (Å²) < 4.78 is 18.8. The highest BCUT2D eigenvalue weighted by molar-refractivity contribution is 5.48. The molecule has 0 unspecified atom stereocenters. The first-order valence-electron chi connectivity index (χ1n) is 7.32. The molecule has 1 aliphatic rings. The second-order valence-corrected chi connectivity index (χ2v) is 5.77. The van der Waals surface area contributed by atoms with Crippen LogP contribution < -0.4 is 10.1 Å². The van der Waals surface area contributed by atoms with Gasteiger partial charge < -0.3 is 10.1 Å². The zero-order chi connectivity index (χ0) is 14.8. The lowest BCUT2D eigenvalue weighted by molar-refractivity contribution is 0.349. The predicted molar refractivity (Wildman–Crippen MR) is 83.5 cm³/mol. The third-order valence-electron chi connectivity index (χ3n) is 4.13. The number of para-hydroxylation sites is 1. The van der Waals surface area contributed by atoms with Gasteiger partial charge in [-0.3, -0.25) is 0 Å². The Bertz CT molecular complexity index is 615. The Morgan fingerprint density at radius 3 is 2.62 bits per heavy atom. The van der Waals surface area contributed by atoms with Gasteiger partial charge in [-0.15, -0.1) is 0 Å². The molecule has 0 aliphatic heterocycles. The summed E-state index contributed by atoms with van der Waals surface area (Å²) in [5.74, 6) is 1.30. The molecule has 110 valence electrons. The number of rotatable bonds is 4. The van der Waals surface area contributed by atoms with Crippen molar-refractivity contribution in [2.75, 3.05) is 12.4 Å². The number of nitrogens with one attached hydrogen (secondary N) is 1. The lowest BCUT2D eigenvalue weighted by Gasteiger charge is -2.37. The smallest absolute Gasteiger partial charge is 0.125 e. The molecule has 3 heteroatoms. The summed E-state index contributed by atoms with van der Waals surface area (Å²) in [6.45, 7) is 1.91. The van der Waals surface area contributed by atoms with Gasteiger partial charge in [-0.25, -0.2) is 4.39 Å². The highest BCUT2D eigenvalue weighted by Crippen LogP contribution is 2.42. The van der Waals surface area contributed by atoms with Gasteiger partial charge in [-0.2, -0.15) is 0 Å². The second-order valence-electron chi connectivity index (χ2n) is 5.77. The van der Waals surface area contributed by atoms with E-state index in [9.17, 15) is 4.39 Å². The van der Waals surface area contributed by atoms with Crippen molar-refractivity contribution in [1.29, 1.82) is 0 Å². The average Bonchev–Trinajstić information content (AvgIpc) is 2.41. The van der Waals surface area contributed by atoms with Crippen molar-refractivity contribution in [3.8, 4) is 5.75 Å². The largest absolute Gasteiger partial charge is 0.496 e. The van der Waals surface area contributed by atoms with Crippen LogP contribution in [0.3, 0.4) is 0 Å². The normalized spacial score (nSPS) is 20.7. The van der Waals surface area contributed by atoms with E-state index < -0.39 is 0 Å². The molecule has 1 aliphatic carbocycles. The van der Waals surface area contributed by atoms with Crippen molar-refractivity contribution in [1.82, 2.24) is 0 Å². The molecule has 1 N–H and O–H groups in total. The van der Waals surface area contributed by atoms with Crippen LogP contribution in [0.25, 0.3) is 0 Å². The molecular weight excluding hydrogens is 265 g/mol. The van der Waals surface area contributed by atoms with E-state index in [-0.39, 0.29) is 5.82 Å². The van der Waals surface area contributed by atoms with Gasteiger partial charge in [0.25, 0.3) is 0 Å². The van der Waals surface area contributed by atoms with Crippen LogP contribution in [0.2, 0.25) is 0 Å². The number of ether oxygens (including phenoxy) is 1. The van der Waals surface area contributed by atoms with E-state index in [1.54, 1.807) is 19.2 Å². The van der Waals surface area contributed by atoms with E-state index in [0.717, 1.165) is 29.8 Å². The first kappa shape index (κ1) is 13.9. The van der Waals surface area contributed by atoms with Gasteiger partial charge in [-0.05, 0) is 61.1 Å². The van der Waals surface area contributed by atoms with E-state index in [1.165, 1.54) is 5.56 Å². The maximum absolute atomic E-state index is 13.4. The van der Waals surface area contributed by atoms with E-state index >= 15 is 0 Å². The molecule has 0 bridgehead atoms. The molecule has 3 rings (SSSR count). The van der Waals surface area contributed by atoms with E-state index in [4.69, 9.17) is 4.74 Å².